The Morgan fingerprint density at radius 3 is 2.55 bits per heavy atom. The normalized spacial score (nSPS) is 20.1. The molecule has 0 radical (unpaired) electrons. The minimum atomic E-state index is -1.96. The second kappa shape index (κ2) is 5.10. The van der Waals surface area contributed by atoms with Crippen LogP contribution in [0.4, 0.5) is 0 Å². The van der Waals surface area contributed by atoms with E-state index in [0.717, 1.165) is 0 Å². The van der Waals surface area contributed by atoms with E-state index in [1.807, 2.05) is 0 Å². The second-order valence-corrected chi connectivity index (χ2v) is 5.67. The molecule has 0 bridgehead atoms. The van der Waals surface area contributed by atoms with Crippen molar-refractivity contribution in [2.45, 2.75) is 12.1 Å². The summed E-state index contributed by atoms with van der Waals surface area (Å²) in [6.07, 6.45) is -0.445. The van der Waals surface area contributed by atoms with Crippen LogP contribution < -0.4 is 4.74 Å². The maximum atomic E-state index is 12.4. The fourth-order valence-electron chi connectivity index (χ4n) is 2.48. The molecular formula is C15H10BrNO5. The van der Waals surface area contributed by atoms with Crippen molar-refractivity contribution in [1.29, 1.82) is 0 Å². The Bertz CT molecular complexity index is 777. The molecule has 1 aliphatic heterocycles. The Labute approximate surface area is 133 Å². The van der Waals surface area contributed by atoms with E-state index in [1.165, 1.54) is 12.1 Å². The highest BCUT2D eigenvalue weighted by Crippen LogP contribution is 2.44. The van der Waals surface area contributed by atoms with Gasteiger partial charge in [-0.15, -0.1) is 0 Å². The number of rotatable bonds is 2. The van der Waals surface area contributed by atoms with Gasteiger partial charge in [-0.25, -0.2) is 0 Å². The predicted molar refractivity (Wildman–Crippen MR) is 80.5 cm³/mol. The molecule has 7 heteroatoms. The summed E-state index contributed by atoms with van der Waals surface area (Å²) in [5.41, 5.74) is -1.54. The third-order valence-corrected chi connectivity index (χ3v) is 4.36. The Morgan fingerprint density at radius 1 is 1.23 bits per heavy atom. The molecule has 3 rings (SSSR count). The number of phenolic OH excluding ortho intramolecular Hbond substituents is 1. The predicted octanol–water partition coefficient (Wildman–Crippen LogP) is 3.25. The number of ether oxygens (including phenoxy) is 1. The van der Waals surface area contributed by atoms with Crippen LogP contribution in [0.2, 0.25) is 0 Å². The van der Waals surface area contributed by atoms with Crippen LogP contribution >= 0.6 is 15.9 Å². The van der Waals surface area contributed by atoms with E-state index in [9.17, 15) is 20.0 Å². The molecule has 0 amide bonds. The van der Waals surface area contributed by atoms with Gasteiger partial charge in [-0.1, -0.05) is 18.2 Å². The summed E-state index contributed by atoms with van der Waals surface area (Å²) in [5, 5.41) is 21.3. The van der Waals surface area contributed by atoms with Crippen LogP contribution in [-0.2, 0) is 5.72 Å². The van der Waals surface area contributed by atoms with Gasteiger partial charge < -0.3 is 9.84 Å². The molecule has 22 heavy (non-hydrogen) atoms. The quantitative estimate of drug-likeness (QED) is 0.653. The summed E-state index contributed by atoms with van der Waals surface area (Å²) in [6, 6.07) is 10.8. The summed E-state index contributed by atoms with van der Waals surface area (Å²) in [6.45, 7) is 0. The first-order valence-corrected chi connectivity index (χ1v) is 7.19. The summed E-state index contributed by atoms with van der Waals surface area (Å²) in [7, 11) is 0. The monoisotopic (exact) mass is 363 g/mol. The molecule has 2 aromatic carbocycles. The van der Waals surface area contributed by atoms with Crippen molar-refractivity contribution in [3.05, 3.63) is 68.2 Å². The summed E-state index contributed by atoms with van der Waals surface area (Å²) >= 11 is 3.12. The van der Waals surface area contributed by atoms with Gasteiger partial charge in [-0.05, 0) is 40.2 Å². The highest BCUT2D eigenvalue weighted by Gasteiger charge is 2.53. The van der Waals surface area contributed by atoms with Crippen LogP contribution in [0.25, 0.3) is 0 Å². The topological polar surface area (TPSA) is 89.7 Å². The van der Waals surface area contributed by atoms with Gasteiger partial charge in [0.2, 0.25) is 0 Å². The van der Waals surface area contributed by atoms with Crippen molar-refractivity contribution in [3.8, 4) is 11.5 Å². The Hall–Kier alpha value is -2.41. The fraction of sp³-hybridized carbons (Fsp3) is 0.133. The number of fused-ring (bicyclic) bond motifs is 1. The molecule has 112 valence electrons. The molecule has 1 atom stereocenters. The number of nitrogens with zero attached hydrogens (tertiary/aromatic N) is 1. The highest BCUT2D eigenvalue weighted by atomic mass is 79.9. The first-order chi connectivity index (χ1) is 10.5. The zero-order chi connectivity index (χ0) is 15.9. The number of hydrogen-bond acceptors (Lipinski definition) is 5. The molecule has 6 nitrogen and oxygen atoms in total. The van der Waals surface area contributed by atoms with Gasteiger partial charge in [-0.3, -0.25) is 14.9 Å². The van der Waals surface area contributed by atoms with Gasteiger partial charge in [0, 0.05) is 0 Å². The average molecular weight is 364 g/mol. The zero-order valence-corrected chi connectivity index (χ0v) is 12.7. The molecule has 0 aromatic heterocycles. The summed E-state index contributed by atoms with van der Waals surface area (Å²) < 4.78 is 5.79. The molecule has 1 unspecified atom stereocenters. The standard InChI is InChI=1S/C15H10BrNO5/c16-14-10(18)6-7-12-13(14)11(19)8-15(22-12,17(20)21)9-4-2-1-3-5-9/h1-7,18H,8H2. The van der Waals surface area contributed by atoms with Crippen LogP contribution in [0, 0.1) is 10.1 Å². The van der Waals surface area contributed by atoms with Gasteiger partial charge in [0.25, 0.3) is 0 Å². The molecule has 2 aromatic rings. The lowest BCUT2D eigenvalue weighted by Crippen LogP contribution is -2.46. The Morgan fingerprint density at radius 2 is 1.91 bits per heavy atom. The summed E-state index contributed by atoms with van der Waals surface area (Å²) in [5.74, 6) is -0.518. The Kier molecular flexibility index (Phi) is 3.37. The van der Waals surface area contributed by atoms with Crippen molar-refractivity contribution < 1.29 is 19.6 Å². The minimum absolute atomic E-state index is 0.0708. The SMILES string of the molecule is O=C1CC(c2ccccc2)([N+](=O)[O-])Oc2ccc(O)c(Br)c21. The van der Waals surface area contributed by atoms with E-state index in [-0.39, 0.29) is 21.5 Å². The van der Waals surface area contributed by atoms with Crippen LogP contribution in [0.1, 0.15) is 22.3 Å². The number of aromatic hydroxyl groups is 1. The number of benzene rings is 2. The molecule has 1 N–H and O–H groups in total. The van der Waals surface area contributed by atoms with E-state index in [4.69, 9.17) is 4.74 Å². The first kappa shape index (κ1) is 14.5. The van der Waals surface area contributed by atoms with Crippen molar-refractivity contribution >= 4 is 21.7 Å². The molecule has 0 saturated heterocycles. The average Bonchev–Trinajstić information content (AvgIpc) is 2.51. The molecule has 0 aliphatic carbocycles. The maximum absolute atomic E-state index is 12.4. The number of phenols is 1. The highest BCUT2D eigenvalue weighted by molar-refractivity contribution is 9.10. The summed E-state index contributed by atoms with van der Waals surface area (Å²) in [4.78, 5) is 23.5. The number of halogens is 1. The van der Waals surface area contributed by atoms with Gasteiger partial charge in [0.1, 0.15) is 17.9 Å². The maximum Gasteiger partial charge on any atom is 0.397 e. The van der Waals surface area contributed by atoms with E-state index in [2.05, 4.69) is 15.9 Å². The lowest BCUT2D eigenvalue weighted by Gasteiger charge is -2.31. The van der Waals surface area contributed by atoms with Crippen molar-refractivity contribution in [2.75, 3.05) is 0 Å². The van der Waals surface area contributed by atoms with Crippen LogP contribution in [-0.4, -0.2) is 15.8 Å². The molecular weight excluding hydrogens is 354 g/mol. The zero-order valence-electron chi connectivity index (χ0n) is 11.2. The van der Waals surface area contributed by atoms with E-state index < -0.39 is 22.9 Å². The molecule has 1 aliphatic rings. The van der Waals surface area contributed by atoms with Gasteiger partial charge in [0.15, 0.2) is 5.78 Å². The lowest BCUT2D eigenvalue weighted by atomic mass is 9.91. The van der Waals surface area contributed by atoms with Crippen molar-refractivity contribution in [2.24, 2.45) is 0 Å². The lowest BCUT2D eigenvalue weighted by molar-refractivity contribution is -0.626. The van der Waals surface area contributed by atoms with Crippen molar-refractivity contribution in [3.63, 3.8) is 0 Å². The van der Waals surface area contributed by atoms with Crippen LogP contribution in [0.15, 0.2) is 46.9 Å². The third kappa shape index (κ3) is 2.05. The first-order valence-electron chi connectivity index (χ1n) is 6.39. The molecule has 0 saturated carbocycles. The van der Waals surface area contributed by atoms with Gasteiger partial charge >= 0.3 is 5.72 Å². The van der Waals surface area contributed by atoms with E-state index in [0.29, 0.717) is 5.56 Å². The number of carbonyl (C=O) groups is 1. The second-order valence-electron chi connectivity index (χ2n) is 4.88. The van der Waals surface area contributed by atoms with Gasteiger partial charge in [-0.2, -0.15) is 0 Å². The largest absolute Gasteiger partial charge is 0.507 e. The number of Topliss-reactive ketones (excluding diaryl/α,β-unsaturated/α-hetero) is 1. The number of ketones is 1. The van der Waals surface area contributed by atoms with Gasteiger partial charge in [0.05, 0.1) is 20.5 Å². The third-order valence-electron chi connectivity index (χ3n) is 3.56. The fourth-order valence-corrected chi connectivity index (χ4v) is 3.03. The number of nitro groups is 1. The van der Waals surface area contributed by atoms with E-state index in [1.54, 1.807) is 30.3 Å². The smallest absolute Gasteiger partial charge is 0.397 e. The van der Waals surface area contributed by atoms with Crippen LogP contribution in [0.3, 0.4) is 0 Å². The Balaban J connectivity index is 2.19. The minimum Gasteiger partial charge on any atom is -0.507 e. The number of carbonyl (C=O) groups excluding carboxylic acids is 1. The molecule has 0 fully saturated rings. The molecule has 0 spiro atoms. The number of hydrogen-bond donors (Lipinski definition) is 1. The molecule has 1 heterocycles. The van der Waals surface area contributed by atoms with Crippen LogP contribution in [0.5, 0.6) is 11.5 Å². The van der Waals surface area contributed by atoms with Crippen molar-refractivity contribution in [1.82, 2.24) is 0 Å². The van der Waals surface area contributed by atoms with E-state index >= 15 is 0 Å².